The average Bonchev–Trinajstić information content (AvgIpc) is 2.96. The summed E-state index contributed by atoms with van der Waals surface area (Å²) in [5.41, 5.74) is 2.66. The van der Waals surface area contributed by atoms with E-state index in [4.69, 9.17) is 5.21 Å². The van der Waals surface area contributed by atoms with Gasteiger partial charge in [0.05, 0.1) is 0 Å². The number of nitrogens with zero attached hydrogens (tertiary/aromatic N) is 2. The van der Waals surface area contributed by atoms with Crippen LogP contribution in [0.2, 0.25) is 0 Å². The van der Waals surface area contributed by atoms with E-state index >= 15 is 0 Å². The van der Waals surface area contributed by atoms with Crippen LogP contribution < -0.4 is 5.32 Å². The Kier molecular flexibility index (Phi) is 5.62. The lowest BCUT2D eigenvalue weighted by atomic mass is 9.85. The maximum Gasteiger partial charge on any atom is 0.132 e. The molecule has 21 heavy (non-hydrogen) atoms. The van der Waals surface area contributed by atoms with Crippen LogP contribution in [-0.2, 0) is 6.42 Å². The molecular formula is C17H27N3O. The Balaban J connectivity index is 1.80. The summed E-state index contributed by atoms with van der Waals surface area (Å²) < 4.78 is 0. The highest BCUT2D eigenvalue weighted by molar-refractivity contribution is 5.74. The van der Waals surface area contributed by atoms with Gasteiger partial charge in [-0.25, -0.2) is 0 Å². The molecule has 4 heteroatoms. The van der Waals surface area contributed by atoms with Gasteiger partial charge in [-0.1, -0.05) is 31.1 Å². The van der Waals surface area contributed by atoms with Crippen molar-refractivity contribution in [3.05, 3.63) is 29.8 Å². The van der Waals surface area contributed by atoms with Crippen molar-refractivity contribution in [1.29, 1.82) is 0 Å². The lowest BCUT2D eigenvalue weighted by Gasteiger charge is -2.30. The van der Waals surface area contributed by atoms with E-state index < -0.39 is 0 Å². The molecule has 0 aromatic heterocycles. The minimum Gasteiger partial charge on any atom is -0.410 e. The summed E-state index contributed by atoms with van der Waals surface area (Å²) in [5.74, 6) is 0. The number of rotatable bonds is 7. The molecule has 0 radical (unpaired) electrons. The summed E-state index contributed by atoms with van der Waals surface area (Å²) in [6.45, 7) is 8.50. The fraction of sp³-hybridized carbons (Fsp3) is 0.588. The van der Waals surface area contributed by atoms with E-state index in [1.165, 1.54) is 50.8 Å². The molecule has 0 aliphatic carbocycles. The maximum absolute atomic E-state index is 8.38. The van der Waals surface area contributed by atoms with Crippen LogP contribution in [0.4, 0.5) is 5.69 Å². The summed E-state index contributed by atoms with van der Waals surface area (Å²) in [5, 5.41) is 14.2. The fourth-order valence-electron chi connectivity index (χ4n) is 2.98. The van der Waals surface area contributed by atoms with Crippen molar-refractivity contribution >= 4 is 12.0 Å². The first-order valence-electron chi connectivity index (χ1n) is 7.83. The molecule has 0 atom stereocenters. The number of hydrogen-bond donors (Lipinski definition) is 2. The molecular weight excluding hydrogens is 262 g/mol. The zero-order valence-corrected chi connectivity index (χ0v) is 13.2. The summed E-state index contributed by atoms with van der Waals surface area (Å²) in [6, 6.07) is 8.31. The quantitative estimate of drug-likeness (QED) is 0.349. The minimum atomic E-state index is 0.366. The largest absolute Gasteiger partial charge is 0.410 e. The van der Waals surface area contributed by atoms with Crippen LogP contribution in [0, 0.1) is 5.41 Å². The van der Waals surface area contributed by atoms with Crippen molar-refractivity contribution in [2.75, 3.05) is 25.0 Å². The number of nitrogens with one attached hydrogen (secondary N) is 1. The Bertz CT molecular complexity index is 448. The number of hydrogen-bond acceptors (Lipinski definition) is 3. The fourth-order valence-corrected chi connectivity index (χ4v) is 2.98. The molecule has 0 bridgehead atoms. The van der Waals surface area contributed by atoms with Gasteiger partial charge in [0, 0.05) is 12.2 Å². The molecule has 0 amide bonds. The molecule has 1 aromatic rings. The van der Waals surface area contributed by atoms with Crippen LogP contribution in [0.5, 0.6) is 0 Å². The van der Waals surface area contributed by atoms with Gasteiger partial charge in [0.1, 0.15) is 6.34 Å². The van der Waals surface area contributed by atoms with Crippen LogP contribution in [-0.4, -0.2) is 36.1 Å². The smallest absolute Gasteiger partial charge is 0.132 e. The lowest BCUT2D eigenvalue weighted by molar-refractivity contribution is 0.198. The summed E-state index contributed by atoms with van der Waals surface area (Å²) in [7, 11) is 0. The predicted molar refractivity (Wildman–Crippen MR) is 88.1 cm³/mol. The highest BCUT2D eigenvalue weighted by atomic mass is 16.4. The highest BCUT2D eigenvalue weighted by Gasteiger charge is 2.23. The zero-order chi connectivity index (χ0) is 15.1. The van der Waals surface area contributed by atoms with E-state index in [1.54, 1.807) is 0 Å². The van der Waals surface area contributed by atoms with E-state index in [1.807, 2.05) is 12.1 Å². The molecule has 2 rings (SSSR count). The van der Waals surface area contributed by atoms with E-state index in [0.717, 1.165) is 12.1 Å². The Labute approximate surface area is 127 Å². The molecule has 1 fully saturated rings. The number of aryl methyl sites for hydroxylation is 1. The van der Waals surface area contributed by atoms with Crippen LogP contribution in [0.1, 0.15) is 38.7 Å². The first-order chi connectivity index (χ1) is 10.1. The molecule has 1 heterocycles. The van der Waals surface area contributed by atoms with Crippen LogP contribution in [0.3, 0.4) is 0 Å². The zero-order valence-electron chi connectivity index (χ0n) is 13.2. The molecule has 0 saturated carbocycles. The number of likely N-dealkylation sites (tertiary alicyclic amines) is 1. The molecule has 0 unspecified atom stereocenters. The van der Waals surface area contributed by atoms with Crippen molar-refractivity contribution in [3.63, 3.8) is 0 Å². The Morgan fingerprint density at radius 2 is 1.90 bits per heavy atom. The standard InChI is InChI=1S/C17H27N3O/c1-17(2,13-20-11-3-4-12-20)10-9-15-5-7-16(8-6-15)18-14-19-21/h5-8,14,21H,3-4,9-13H2,1-2H3,(H,18,19). The Hall–Kier alpha value is -1.55. The van der Waals surface area contributed by atoms with Gasteiger partial charge in [0.15, 0.2) is 0 Å². The van der Waals surface area contributed by atoms with Crippen molar-refractivity contribution < 1.29 is 5.21 Å². The summed E-state index contributed by atoms with van der Waals surface area (Å²) >= 11 is 0. The third kappa shape index (κ3) is 5.38. The van der Waals surface area contributed by atoms with Crippen LogP contribution >= 0.6 is 0 Å². The minimum absolute atomic E-state index is 0.366. The first kappa shape index (κ1) is 15.8. The third-order valence-corrected chi connectivity index (χ3v) is 4.18. The monoisotopic (exact) mass is 289 g/mol. The normalized spacial score (nSPS) is 16.7. The summed E-state index contributed by atoms with van der Waals surface area (Å²) in [6.07, 6.45) is 6.31. The second-order valence-electron chi connectivity index (χ2n) is 6.73. The highest BCUT2D eigenvalue weighted by Crippen LogP contribution is 2.26. The number of benzene rings is 1. The predicted octanol–water partition coefficient (Wildman–Crippen LogP) is 3.57. The van der Waals surface area contributed by atoms with Gasteiger partial charge >= 0.3 is 0 Å². The molecule has 1 saturated heterocycles. The maximum atomic E-state index is 8.38. The first-order valence-corrected chi connectivity index (χ1v) is 7.83. The molecule has 1 aliphatic heterocycles. The van der Waals surface area contributed by atoms with Gasteiger partial charge in [-0.15, -0.1) is 0 Å². The lowest BCUT2D eigenvalue weighted by Crippen LogP contribution is -2.32. The van der Waals surface area contributed by atoms with E-state index in [0.29, 0.717) is 5.41 Å². The Morgan fingerprint density at radius 3 is 2.52 bits per heavy atom. The van der Waals surface area contributed by atoms with Crippen molar-refractivity contribution in [2.45, 2.75) is 39.5 Å². The topological polar surface area (TPSA) is 47.9 Å². The molecule has 116 valence electrons. The second-order valence-corrected chi connectivity index (χ2v) is 6.73. The molecule has 0 spiro atoms. The van der Waals surface area contributed by atoms with E-state index in [-0.39, 0.29) is 0 Å². The van der Waals surface area contributed by atoms with Crippen molar-refractivity contribution in [3.8, 4) is 0 Å². The van der Waals surface area contributed by atoms with Gasteiger partial charge < -0.3 is 15.4 Å². The average molecular weight is 289 g/mol. The number of oxime groups is 1. The Morgan fingerprint density at radius 1 is 1.24 bits per heavy atom. The van der Waals surface area contributed by atoms with Crippen molar-refractivity contribution in [2.24, 2.45) is 10.6 Å². The molecule has 4 nitrogen and oxygen atoms in total. The van der Waals surface area contributed by atoms with Crippen LogP contribution in [0.15, 0.2) is 29.4 Å². The van der Waals surface area contributed by atoms with E-state index in [9.17, 15) is 0 Å². The van der Waals surface area contributed by atoms with Crippen LogP contribution in [0.25, 0.3) is 0 Å². The van der Waals surface area contributed by atoms with Gasteiger partial charge in [-0.05, 0) is 61.9 Å². The van der Waals surface area contributed by atoms with Gasteiger partial charge in [0.25, 0.3) is 0 Å². The molecule has 1 aliphatic rings. The van der Waals surface area contributed by atoms with Crippen molar-refractivity contribution in [1.82, 2.24) is 4.90 Å². The SMILES string of the molecule is CC(C)(CCc1ccc(N/C=N\O)cc1)CN1CCCC1. The molecule has 2 N–H and O–H groups in total. The van der Waals surface area contributed by atoms with Gasteiger partial charge in [-0.2, -0.15) is 0 Å². The van der Waals surface area contributed by atoms with Gasteiger partial charge in [0.2, 0.25) is 0 Å². The summed E-state index contributed by atoms with van der Waals surface area (Å²) in [4.78, 5) is 2.60. The second kappa shape index (κ2) is 7.46. The third-order valence-electron chi connectivity index (χ3n) is 4.18. The number of anilines is 1. The van der Waals surface area contributed by atoms with Gasteiger partial charge in [-0.3, -0.25) is 0 Å². The molecule has 1 aromatic carbocycles. The van der Waals surface area contributed by atoms with E-state index in [2.05, 4.69) is 41.4 Å².